The lowest BCUT2D eigenvalue weighted by Gasteiger charge is -2.39. The predicted octanol–water partition coefficient (Wildman–Crippen LogP) is 11.5. The number of carbonyl (C=O) groups is 11. The number of nitrogens with one attached hydrogen (secondary N) is 2. The molecule has 0 unspecified atom stereocenters. The van der Waals surface area contributed by atoms with Gasteiger partial charge in [-0.05, 0) is 256 Å². The van der Waals surface area contributed by atoms with E-state index in [9.17, 15) is 87.9 Å². The number of halogens is 8. The molecule has 6 saturated carbocycles. The normalized spacial score (nSPS) is 28.1. The Labute approximate surface area is 801 Å². The first-order chi connectivity index (χ1) is 63.6. The zero-order valence-corrected chi connectivity index (χ0v) is 82.0. The molecule has 0 aromatic heterocycles. The van der Waals surface area contributed by atoms with E-state index < -0.39 is 90.6 Å². The lowest BCUT2D eigenvalue weighted by atomic mass is 9.74. The third kappa shape index (κ3) is 31.1. The molecule has 11 aliphatic rings. The molecule has 12 amide bonds. The summed E-state index contributed by atoms with van der Waals surface area (Å²) in [4.78, 5) is 152. The second-order valence-corrected chi connectivity index (χ2v) is 41.4. The second-order valence-electron chi connectivity index (χ2n) is 41.4. The average molecular weight is 1930 g/mol. The predicted molar refractivity (Wildman–Crippen MR) is 508 cm³/mol. The van der Waals surface area contributed by atoms with E-state index in [0.717, 1.165) is 173 Å². The van der Waals surface area contributed by atoms with Gasteiger partial charge in [0.2, 0.25) is 53.2 Å². The van der Waals surface area contributed by atoms with Gasteiger partial charge in [-0.25, -0.2) is 39.9 Å². The van der Waals surface area contributed by atoms with Gasteiger partial charge in [-0.1, -0.05) is 48.1 Å². The molecule has 5 heterocycles. The molecule has 14 atom stereocenters. The molecule has 136 heavy (non-hydrogen) atoms. The Bertz CT molecular complexity index is 4260. The van der Waals surface area contributed by atoms with Crippen molar-refractivity contribution in [2.45, 2.75) is 314 Å². The zero-order chi connectivity index (χ0) is 99.5. The van der Waals surface area contributed by atoms with Gasteiger partial charge >= 0.3 is 6.03 Å². The summed E-state index contributed by atoms with van der Waals surface area (Å²) in [6, 6.07) is 5.72. The van der Waals surface area contributed by atoms with Crippen molar-refractivity contribution in [3.63, 3.8) is 0 Å². The van der Waals surface area contributed by atoms with Crippen molar-refractivity contribution in [2.24, 2.45) is 99.7 Å². The maximum absolute atomic E-state index is 13.7. The number of nitrogens with two attached hydrogens (primary N) is 5. The lowest BCUT2D eigenvalue weighted by molar-refractivity contribution is -0.143. The minimum Gasteiger partial charge on any atom is -0.349 e. The minimum atomic E-state index is -2.78. The van der Waals surface area contributed by atoms with Gasteiger partial charge in [-0.15, -0.1) is 0 Å². The number of nitrogens with zero attached hydrogens (tertiary/aromatic N) is 10. The molecule has 2 aromatic rings. The monoisotopic (exact) mass is 1930 g/mol. The van der Waals surface area contributed by atoms with Gasteiger partial charge in [0, 0.05) is 150 Å². The first-order valence-electron chi connectivity index (χ1n) is 49.7. The Hall–Kier alpha value is -8.35. The van der Waals surface area contributed by atoms with E-state index in [1.165, 1.54) is 32.9 Å². The van der Waals surface area contributed by atoms with Crippen LogP contribution in [-0.4, -0.2) is 307 Å². The number of likely N-dealkylation sites (tertiary alicyclic amines) is 5. The highest BCUT2D eigenvalue weighted by molar-refractivity contribution is 5.94. The standard InChI is InChI=1S/C22H32F2N4O2.C22H31F2N3O2.C19H33FN4O3.C19H32FN3O2.C17H29F2N3O2.CH4/c1-13-9-10-28(12-13)21(29)20(25)14(2)15-3-6-17(7-4-15)26-22(30)27-19-8-5-16(23)11-18(19)24;1-14(20(25)22(29)27-11-10-18(24)13-27)15-6-8-19(9-7-15)26(2)21(28)16-4-3-5-17(23)12-16;1-12(25)23(4)15-7-5-13(6-8-15)16(18(26)22(2)3)17(21)19(27)24-10-9-14(20)11-24;1-12(17(21)19(25)23-10-9-15(20)11-23)13-5-7-16(8-6-13)22(2)18(24)14-3-4-14;1-11(13-4-6-14(7-5-13)21(3)12(2)23)15(20)16(24)22-9-8-17(18,19)10-22;/h5,8,11,13-15,17,20H,3-4,6-7,9-10,12,25H2,1-2H3,(H2,26,27,30);3-5,12,14-15,18-20H,6-11,13,25H2,1-2H3;13-17H,5-11,21H2,1-4H3;12-17H,3-11,21H2,1-2H3;11,13-15H,4-10,20H2,1-3H3;1H4/t13-,14-,15?,17?,20-;14-,15?,18-,19?,20-;13?,14-,15?,16-,17-;12-,13?,15-,16?,17-;11-,13?,14?,15-;/m00000./s1. The number of hydrogen-bond donors (Lipinski definition) is 7. The van der Waals surface area contributed by atoms with E-state index in [-0.39, 0.29) is 159 Å². The van der Waals surface area contributed by atoms with Gasteiger partial charge in [-0.3, -0.25) is 47.9 Å². The van der Waals surface area contributed by atoms with Gasteiger partial charge in [0.1, 0.15) is 36.0 Å². The SMILES string of the molecule is C.CC(=O)N(C)C1CCC([C@H](C(=O)N(C)C)[C@H](N)C(=O)N2CC[C@H](F)C2)CC1.CC(=O)N(C)C1CCC([C@H](C)[C@H](N)C(=O)N2CCC(F)(F)C2)CC1.C[C@@H](C1CCC(N(C)C(=O)C2CC2)CC1)[C@H](N)C(=O)N1CC[C@H](F)C1.C[C@@H](C1CCC(N(C)C(=O)c2cccc(F)c2)CC1)[C@H](N)C(=O)N1CC[C@H](F)C1.C[C@H]1CCN(C(=O)[C@@H](N)[C@@H](C)C2CCC(NC(=O)Nc3ccc(F)cc3F)CC2)C1. The molecular weight excluding hydrogens is 1770 g/mol. The van der Waals surface area contributed by atoms with E-state index in [0.29, 0.717) is 86.0 Å². The Balaban J connectivity index is 0.000000209. The quantitative estimate of drug-likeness (QED) is 0.0480. The highest BCUT2D eigenvalue weighted by atomic mass is 19.3. The Morgan fingerprint density at radius 2 is 0.779 bits per heavy atom. The van der Waals surface area contributed by atoms with Crippen LogP contribution >= 0.6 is 0 Å². The minimum absolute atomic E-state index is 0. The number of rotatable bonds is 24. The summed E-state index contributed by atoms with van der Waals surface area (Å²) in [6.45, 7) is 16.2. The number of carbonyl (C=O) groups excluding carboxylic acids is 11. The number of hydrogen-bond acceptors (Lipinski definition) is 16. The van der Waals surface area contributed by atoms with Crippen LogP contribution in [0, 0.1) is 88.5 Å². The highest BCUT2D eigenvalue weighted by Gasteiger charge is 2.48. The van der Waals surface area contributed by atoms with Crippen LogP contribution in [0.4, 0.5) is 45.6 Å². The van der Waals surface area contributed by atoms with Gasteiger partial charge in [0.15, 0.2) is 0 Å². The third-order valence-electron chi connectivity index (χ3n) is 31.9. The maximum Gasteiger partial charge on any atom is 0.319 e. The van der Waals surface area contributed by atoms with Gasteiger partial charge in [-0.2, -0.15) is 0 Å². The molecule has 2 aromatic carbocycles. The molecule has 0 spiro atoms. The van der Waals surface area contributed by atoms with Crippen LogP contribution in [0.5, 0.6) is 0 Å². The first-order valence-corrected chi connectivity index (χ1v) is 49.7. The van der Waals surface area contributed by atoms with Crippen LogP contribution in [0.2, 0.25) is 0 Å². The van der Waals surface area contributed by atoms with Crippen LogP contribution in [0.15, 0.2) is 42.5 Å². The number of anilines is 1. The smallest absolute Gasteiger partial charge is 0.319 e. The van der Waals surface area contributed by atoms with E-state index in [2.05, 4.69) is 24.5 Å². The van der Waals surface area contributed by atoms with Crippen LogP contribution in [0.1, 0.15) is 240 Å². The number of alkyl halides is 5. The number of amides is 12. The van der Waals surface area contributed by atoms with Crippen molar-refractivity contribution < 1.29 is 87.9 Å². The lowest BCUT2D eigenvalue weighted by Crippen LogP contribution is -2.54. The summed E-state index contributed by atoms with van der Waals surface area (Å²) < 4.78 is 107. The highest BCUT2D eigenvalue weighted by Crippen LogP contribution is 2.42. The molecule has 768 valence electrons. The summed E-state index contributed by atoms with van der Waals surface area (Å²) >= 11 is 0. The van der Waals surface area contributed by atoms with Crippen molar-refractivity contribution >= 4 is 70.8 Å². The molecule has 5 saturated heterocycles. The summed E-state index contributed by atoms with van der Waals surface area (Å²) in [5, 5.41) is 5.28. The largest absolute Gasteiger partial charge is 0.349 e. The first kappa shape index (κ1) is 113. The molecule has 6 aliphatic carbocycles. The van der Waals surface area contributed by atoms with Gasteiger partial charge in [0.25, 0.3) is 11.8 Å². The average Bonchev–Trinajstić information content (AvgIpc) is 1.35. The third-order valence-corrected chi connectivity index (χ3v) is 31.9. The topological polar surface area (TPSA) is 374 Å². The van der Waals surface area contributed by atoms with E-state index in [1.54, 1.807) is 78.7 Å². The molecule has 13 rings (SSSR count). The number of benzene rings is 2. The molecule has 36 heteroatoms. The van der Waals surface area contributed by atoms with E-state index in [1.807, 2.05) is 44.7 Å². The molecule has 0 radical (unpaired) electrons. The molecule has 12 N–H and O–H groups in total. The number of urea groups is 1. The van der Waals surface area contributed by atoms with Crippen molar-refractivity contribution in [3.8, 4) is 0 Å². The summed E-state index contributed by atoms with van der Waals surface area (Å²) in [5.74, 6) is -3.91. The summed E-state index contributed by atoms with van der Waals surface area (Å²) in [7, 11) is 10.6. The fourth-order valence-electron chi connectivity index (χ4n) is 22.0. The maximum atomic E-state index is 13.7. The van der Waals surface area contributed by atoms with Crippen molar-refractivity contribution in [1.82, 2.24) is 54.3 Å². The Kier molecular flexibility index (Phi) is 42.9. The Morgan fingerprint density at radius 3 is 1.12 bits per heavy atom. The van der Waals surface area contributed by atoms with Gasteiger partial charge in [0.05, 0.1) is 68.0 Å². The summed E-state index contributed by atoms with van der Waals surface area (Å²) in [5.41, 5.74) is 31.4. The molecule has 28 nitrogen and oxygen atoms in total. The van der Waals surface area contributed by atoms with Gasteiger partial charge < -0.3 is 88.3 Å². The fourth-order valence-corrected chi connectivity index (χ4v) is 22.0. The molecular formula is C100H161F8N17O11. The van der Waals surface area contributed by atoms with Crippen LogP contribution in [-0.2, 0) is 43.2 Å². The van der Waals surface area contributed by atoms with Crippen molar-refractivity contribution in [3.05, 3.63) is 65.5 Å². The van der Waals surface area contributed by atoms with Crippen LogP contribution in [0.3, 0.4) is 0 Å². The Morgan fingerprint density at radius 1 is 0.419 bits per heavy atom. The molecule has 11 fully saturated rings. The summed E-state index contributed by atoms with van der Waals surface area (Å²) in [6.07, 6.45) is 18.4. The van der Waals surface area contributed by atoms with Crippen LogP contribution < -0.4 is 39.3 Å². The van der Waals surface area contributed by atoms with E-state index >= 15 is 0 Å². The van der Waals surface area contributed by atoms with Crippen molar-refractivity contribution in [1.29, 1.82) is 0 Å². The second kappa shape index (κ2) is 51.7. The van der Waals surface area contributed by atoms with Crippen molar-refractivity contribution in [2.75, 3.05) is 113 Å². The fraction of sp³-hybridized carbons (Fsp3) is 0.770. The molecule has 0 bridgehead atoms. The zero-order valence-electron chi connectivity index (χ0n) is 82.0. The molecule has 5 aliphatic heterocycles. The van der Waals surface area contributed by atoms with E-state index in [4.69, 9.17) is 28.7 Å². The van der Waals surface area contributed by atoms with Crippen LogP contribution in [0.25, 0.3) is 0 Å².